The molecular weight excluding hydrogens is 395 g/mol. The molecule has 0 bridgehead atoms. The van der Waals surface area contributed by atoms with Crippen LogP contribution in [0.5, 0.6) is 0 Å². The van der Waals surface area contributed by atoms with Gasteiger partial charge in [-0.3, -0.25) is 0 Å². The van der Waals surface area contributed by atoms with E-state index < -0.39 is 26.6 Å². The second kappa shape index (κ2) is 8.03. The van der Waals surface area contributed by atoms with Crippen LogP contribution >= 0.6 is 0 Å². The molecule has 2 aliphatic rings. The second-order valence-electron chi connectivity index (χ2n) is 11.3. The lowest BCUT2D eigenvalue weighted by atomic mass is 9.77. The zero-order valence-corrected chi connectivity index (χ0v) is 21.7. The Balaban J connectivity index is 1.96. The molecule has 0 radical (unpaired) electrons. The summed E-state index contributed by atoms with van der Waals surface area (Å²) in [5, 5.41) is 5.13. The molecule has 8 heteroatoms. The molecule has 1 aromatic heterocycles. The van der Waals surface area contributed by atoms with E-state index >= 15 is 0 Å². The largest absolute Gasteiger partial charge is 0.498 e. The molecule has 1 unspecified atom stereocenters. The molecule has 0 spiro atoms. The highest BCUT2D eigenvalue weighted by Crippen LogP contribution is 2.39. The van der Waals surface area contributed by atoms with E-state index in [4.69, 9.17) is 23.6 Å². The molecule has 2 aliphatic heterocycles. The van der Waals surface area contributed by atoms with Gasteiger partial charge in [-0.25, -0.2) is 4.68 Å². The predicted octanol–water partition coefficient (Wildman–Crippen LogP) is 4.71. The van der Waals surface area contributed by atoms with Crippen LogP contribution in [0, 0.1) is 6.92 Å². The minimum atomic E-state index is -1.92. The van der Waals surface area contributed by atoms with Gasteiger partial charge in [-0.15, -0.1) is 0 Å². The summed E-state index contributed by atoms with van der Waals surface area (Å²) in [7, 11) is -2.37. The quantitative estimate of drug-likeness (QED) is 0.626. The van der Waals surface area contributed by atoms with Crippen LogP contribution in [0.25, 0.3) is 0 Å². The number of rotatable bonds is 5. The Morgan fingerprint density at radius 1 is 1.13 bits per heavy atom. The van der Waals surface area contributed by atoms with Crippen LogP contribution in [-0.2, 0) is 25.1 Å². The molecule has 1 atom stereocenters. The fourth-order valence-corrected chi connectivity index (χ4v) is 4.56. The fraction of sp³-hybridized carbons (Fsp3) is 0.864. The molecule has 30 heavy (non-hydrogen) atoms. The summed E-state index contributed by atoms with van der Waals surface area (Å²) in [4.78, 5) is 0. The zero-order valence-electron chi connectivity index (χ0n) is 20.7. The standard InChI is InChI=1S/C22H41BN2O4Si/c1-16-19(23-28-21(5,6)22(7,8)29-23)17(15-27-30(9,10)20(2,3)4)24-25(16)18-13-11-12-14-26-18/h18H,11-15H2,1-10H3. The molecule has 6 nitrogen and oxygen atoms in total. The lowest BCUT2D eigenvalue weighted by Gasteiger charge is -2.36. The molecule has 170 valence electrons. The van der Waals surface area contributed by atoms with Gasteiger partial charge in [0.1, 0.15) is 6.23 Å². The Bertz CT molecular complexity index is 748. The first-order chi connectivity index (χ1) is 13.7. The van der Waals surface area contributed by atoms with E-state index in [1.54, 1.807) is 0 Å². The molecule has 2 fully saturated rings. The van der Waals surface area contributed by atoms with Crippen LogP contribution in [0.4, 0.5) is 0 Å². The maximum Gasteiger partial charge on any atom is 0.498 e. The summed E-state index contributed by atoms with van der Waals surface area (Å²) in [6, 6.07) is 0. The van der Waals surface area contributed by atoms with Gasteiger partial charge in [0.25, 0.3) is 0 Å². The van der Waals surface area contributed by atoms with Gasteiger partial charge in [-0.2, -0.15) is 5.10 Å². The Hall–Kier alpha value is -0.668. The van der Waals surface area contributed by atoms with Crippen molar-refractivity contribution >= 4 is 20.9 Å². The highest BCUT2D eigenvalue weighted by Gasteiger charge is 2.53. The Kier molecular flexibility index (Phi) is 6.42. The first-order valence-corrected chi connectivity index (χ1v) is 14.3. The van der Waals surface area contributed by atoms with E-state index in [0.717, 1.165) is 42.7 Å². The number of hydrogen-bond acceptors (Lipinski definition) is 5. The maximum atomic E-state index is 6.55. The summed E-state index contributed by atoms with van der Waals surface area (Å²) in [6.07, 6.45) is 3.23. The van der Waals surface area contributed by atoms with Crippen molar-refractivity contribution in [1.82, 2.24) is 9.78 Å². The van der Waals surface area contributed by atoms with Crippen LogP contribution in [0.1, 0.15) is 85.3 Å². The summed E-state index contributed by atoms with van der Waals surface area (Å²) >= 11 is 0. The molecule has 3 rings (SSSR count). The summed E-state index contributed by atoms with van der Waals surface area (Å²) in [6.45, 7) is 23.0. The minimum Gasteiger partial charge on any atom is -0.411 e. The van der Waals surface area contributed by atoms with Crippen molar-refractivity contribution in [1.29, 1.82) is 0 Å². The summed E-state index contributed by atoms with van der Waals surface area (Å²) in [5.74, 6) is 0. The van der Waals surface area contributed by atoms with Crippen LogP contribution in [-0.4, -0.2) is 43.0 Å². The number of hydrogen-bond donors (Lipinski definition) is 0. The Labute approximate surface area is 184 Å². The fourth-order valence-electron chi connectivity index (χ4n) is 3.63. The van der Waals surface area contributed by atoms with Crippen molar-refractivity contribution in [3.05, 3.63) is 11.4 Å². The Morgan fingerprint density at radius 2 is 1.73 bits per heavy atom. The van der Waals surface area contributed by atoms with Gasteiger partial charge in [0.05, 0.1) is 23.5 Å². The number of aromatic nitrogens is 2. The topological polar surface area (TPSA) is 54.7 Å². The van der Waals surface area contributed by atoms with Gasteiger partial charge >= 0.3 is 7.12 Å². The third kappa shape index (κ3) is 4.44. The Morgan fingerprint density at radius 3 is 2.23 bits per heavy atom. The van der Waals surface area contributed by atoms with Crippen molar-refractivity contribution in [3.8, 4) is 0 Å². The van der Waals surface area contributed by atoms with Crippen LogP contribution in [0.3, 0.4) is 0 Å². The highest BCUT2D eigenvalue weighted by atomic mass is 28.4. The smallest absolute Gasteiger partial charge is 0.411 e. The van der Waals surface area contributed by atoms with Gasteiger partial charge < -0.3 is 18.5 Å². The molecule has 3 heterocycles. The molecular formula is C22H41BN2O4Si. The molecule has 0 saturated carbocycles. The molecule has 0 aromatic carbocycles. The second-order valence-corrected chi connectivity index (χ2v) is 16.2. The van der Waals surface area contributed by atoms with E-state index in [1.807, 2.05) is 4.68 Å². The van der Waals surface area contributed by atoms with Crippen LogP contribution in [0.2, 0.25) is 18.1 Å². The predicted molar refractivity (Wildman–Crippen MR) is 124 cm³/mol. The molecule has 2 saturated heterocycles. The average Bonchev–Trinajstić information content (AvgIpc) is 3.05. The van der Waals surface area contributed by atoms with Crippen molar-refractivity contribution < 1.29 is 18.5 Å². The van der Waals surface area contributed by atoms with E-state index in [0.29, 0.717) is 6.61 Å². The van der Waals surface area contributed by atoms with E-state index in [2.05, 4.69) is 68.5 Å². The highest BCUT2D eigenvalue weighted by molar-refractivity contribution is 6.74. The van der Waals surface area contributed by atoms with Crippen LogP contribution < -0.4 is 5.46 Å². The molecule has 0 amide bonds. The minimum absolute atomic E-state index is 0.0263. The van der Waals surface area contributed by atoms with Crippen LogP contribution in [0.15, 0.2) is 0 Å². The first kappa shape index (κ1) is 24.0. The van der Waals surface area contributed by atoms with Gasteiger partial charge in [0, 0.05) is 17.8 Å². The van der Waals surface area contributed by atoms with Crippen molar-refractivity contribution in [2.45, 2.75) is 117 Å². The molecule has 0 aliphatic carbocycles. The zero-order chi connectivity index (χ0) is 22.5. The number of nitrogens with zero attached hydrogens (tertiary/aromatic N) is 2. The first-order valence-electron chi connectivity index (χ1n) is 11.4. The number of ether oxygens (including phenoxy) is 1. The van der Waals surface area contributed by atoms with E-state index in [1.165, 1.54) is 0 Å². The van der Waals surface area contributed by atoms with E-state index in [9.17, 15) is 0 Å². The van der Waals surface area contributed by atoms with Gasteiger partial charge in [0.15, 0.2) is 8.32 Å². The monoisotopic (exact) mass is 436 g/mol. The van der Waals surface area contributed by atoms with Crippen molar-refractivity contribution in [2.24, 2.45) is 0 Å². The third-order valence-electron chi connectivity index (χ3n) is 7.57. The van der Waals surface area contributed by atoms with Gasteiger partial charge in [-0.1, -0.05) is 20.8 Å². The van der Waals surface area contributed by atoms with Crippen molar-refractivity contribution in [3.63, 3.8) is 0 Å². The summed E-state index contributed by atoms with van der Waals surface area (Å²) < 4.78 is 27.4. The SMILES string of the molecule is Cc1c(B2OC(C)(C)C(C)(C)O2)c(CO[Si](C)(C)C(C)(C)C)nn1C1CCCCO1. The lowest BCUT2D eigenvalue weighted by Crippen LogP contribution is -2.42. The average molecular weight is 436 g/mol. The van der Waals surface area contributed by atoms with Gasteiger partial charge in [0.2, 0.25) is 0 Å². The third-order valence-corrected chi connectivity index (χ3v) is 12.0. The molecule has 0 N–H and O–H groups in total. The van der Waals surface area contributed by atoms with Gasteiger partial charge in [-0.05, 0) is 72.0 Å². The molecule has 1 aromatic rings. The normalized spacial score (nSPS) is 24.5. The summed E-state index contributed by atoms with van der Waals surface area (Å²) in [5.41, 5.74) is 2.16. The van der Waals surface area contributed by atoms with E-state index in [-0.39, 0.29) is 11.3 Å². The van der Waals surface area contributed by atoms with Crippen molar-refractivity contribution in [2.75, 3.05) is 6.61 Å². The maximum absolute atomic E-state index is 6.55. The lowest BCUT2D eigenvalue weighted by molar-refractivity contribution is -0.0409.